The van der Waals surface area contributed by atoms with Crippen LogP contribution in [0.3, 0.4) is 0 Å². The summed E-state index contributed by atoms with van der Waals surface area (Å²) in [4.78, 5) is 21.7. The Morgan fingerprint density at radius 2 is 1.82 bits per heavy atom. The number of nitrogens with two attached hydrogens (primary N) is 1. The molecule has 0 atom stereocenters. The molecule has 0 heterocycles. The number of rotatable bonds is 3. The Hall–Kier alpha value is -1.30. The largest absolute Gasteiger partial charge is 1.00 e. The second-order valence-corrected chi connectivity index (χ2v) is 3.23. The number of hydrogen-bond acceptors (Lipinski definition) is 4. The number of carboxylic acid groups (broad SMARTS) is 1. The van der Waals surface area contributed by atoms with Crippen molar-refractivity contribution in [3.63, 3.8) is 0 Å². The van der Waals surface area contributed by atoms with Gasteiger partial charge in [0.05, 0.1) is 5.97 Å². The summed E-state index contributed by atoms with van der Waals surface area (Å²) >= 11 is 0. The van der Waals surface area contributed by atoms with Crippen LogP contribution in [0, 0.1) is 0 Å². The van der Waals surface area contributed by atoms with Crippen molar-refractivity contribution in [2.24, 2.45) is 0 Å². The van der Waals surface area contributed by atoms with Crippen LogP contribution < -0.4 is 45.7 Å². The standard InChI is InChI=1S/C11H12N2O3.Na/c1-7(11(15)16)6-10(14)13-9-4-2-8(12)3-5-9;/h2-6H,12H2,1H3,(H,13,14)(H,15,16);/q;+1/p-1/b7-6-;. The molecule has 0 unspecified atom stereocenters. The molecule has 1 aromatic rings. The summed E-state index contributed by atoms with van der Waals surface area (Å²) in [7, 11) is 0. The first kappa shape index (κ1) is 15.7. The quantitative estimate of drug-likeness (QED) is 0.333. The molecule has 0 aromatic heterocycles. The average Bonchev–Trinajstić information content (AvgIpc) is 2.21. The van der Waals surface area contributed by atoms with Crippen molar-refractivity contribution in [3.8, 4) is 0 Å². The number of benzene rings is 1. The molecule has 6 heteroatoms. The van der Waals surface area contributed by atoms with Crippen molar-refractivity contribution in [1.29, 1.82) is 0 Å². The van der Waals surface area contributed by atoms with Crippen LogP contribution in [0.1, 0.15) is 6.92 Å². The summed E-state index contributed by atoms with van der Waals surface area (Å²) < 4.78 is 0. The van der Waals surface area contributed by atoms with E-state index in [4.69, 9.17) is 5.73 Å². The minimum absolute atomic E-state index is 0. The number of nitrogens with one attached hydrogen (secondary N) is 1. The maximum Gasteiger partial charge on any atom is 1.00 e. The second-order valence-electron chi connectivity index (χ2n) is 3.23. The van der Waals surface area contributed by atoms with Crippen LogP contribution in [-0.4, -0.2) is 11.9 Å². The summed E-state index contributed by atoms with van der Waals surface area (Å²) in [6.45, 7) is 1.29. The van der Waals surface area contributed by atoms with Crippen LogP contribution in [0.4, 0.5) is 11.4 Å². The summed E-state index contributed by atoms with van der Waals surface area (Å²) in [5, 5.41) is 12.8. The first-order chi connectivity index (χ1) is 7.49. The molecule has 1 amide bonds. The first-order valence-corrected chi connectivity index (χ1v) is 4.55. The molecule has 3 N–H and O–H groups in total. The van der Waals surface area contributed by atoms with Gasteiger partial charge in [-0.15, -0.1) is 0 Å². The summed E-state index contributed by atoms with van der Waals surface area (Å²) in [6, 6.07) is 6.50. The van der Waals surface area contributed by atoms with Crippen molar-refractivity contribution in [2.75, 3.05) is 11.1 Å². The van der Waals surface area contributed by atoms with Crippen molar-refractivity contribution in [2.45, 2.75) is 6.92 Å². The average molecular weight is 242 g/mol. The zero-order valence-corrected chi connectivity index (χ0v) is 11.7. The van der Waals surface area contributed by atoms with Gasteiger partial charge >= 0.3 is 29.6 Å². The first-order valence-electron chi connectivity index (χ1n) is 4.55. The third kappa shape index (κ3) is 5.53. The smallest absolute Gasteiger partial charge is 0.545 e. The van der Waals surface area contributed by atoms with E-state index in [-0.39, 0.29) is 35.1 Å². The van der Waals surface area contributed by atoms with Crippen LogP contribution in [0.2, 0.25) is 0 Å². The Kier molecular flexibility index (Phi) is 6.57. The minimum atomic E-state index is -1.37. The number of anilines is 2. The molecule has 1 aromatic carbocycles. The van der Waals surface area contributed by atoms with Crippen molar-refractivity contribution < 1.29 is 44.3 Å². The van der Waals surface area contributed by atoms with Gasteiger partial charge in [-0.25, -0.2) is 0 Å². The molecule has 84 valence electrons. The molecule has 0 aliphatic heterocycles. The fourth-order valence-electron chi connectivity index (χ4n) is 1.00. The third-order valence-corrected chi connectivity index (χ3v) is 1.85. The predicted octanol–water partition coefficient (Wildman–Crippen LogP) is -3.09. The maximum absolute atomic E-state index is 11.3. The third-order valence-electron chi connectivity index (χ3n) is 1.85. The van der Waals surface area contributed by atoms with E-state index < -0.39 is 11.9 Å². The van der Waals surface area contributed by atoms with Crippen LogP contribution in [0.25, 0.3) is 0 Å². The van der Waals surface area contributed by atoms with Gasteiger partial charge in [0.2, 0.25) is 5.91 Å². The minimum Gasteiger partial charge on any atom is -0.545 e. The topological polar surface area (TPSA) is 95.2 Å². The van der Waals surface area contributed by atoms with E-state index in [0.717, 1.165) is 6.08 Å². The second kappa shape index (κ2) is 7.11. The molecule has 0 fully saturated rings. The zero-order valence-electron chi connectivity index (χ0n) is 9.69. The van der Waals surface area contributed by atoms with E-state index in [2.05, 4.69) is 5.32 Å². The van der Waals surface area contributed by atoms with Crippen molar-refractivity contribution in [1.82, 2.24) is 0 Å². The van der Waals surface area contributed by atoms with E-state index in [0.29, 0.717) is 11.4 Å². The van der Waals surface area contributed by atoms with E-state index in [9.17, 15) is 14.7 Å². The molecule has 1 rings (SSSR count). The summed E-state index contributed by atoms with van der Waals surface area (Å²) in [5.74, 6) is -1.89. The number of nitrogen functional groups attached to an aromatic ring is 1. The normalized spacial score (nSPS) is 10.3. The summed E-state index contributed by atoms with van der Waals surface area (Å²) in [6.07, 6.45) is 0.964. The number of hydrogen-bond donors (Lipinski definition) is 2. The predicted molar refractivity (Wildman–Crippen MR) is 58.2 cm³/mol. The van der Waals surface area contributed by atoms with Gasteiger partial charge in [0, 0.05) is 17.5 Å². The molecular formula is C11H11N2NaO3. The van der Waals surface area contributed by atoms with Crippen LogP contribution in [0.5, 0.6) is 0 Å². The molecule has 0 spiro atoms. The van der Waals surface area contributed by atoms with Gasteiger partial charge in [-0.05, 0) is 36.8 Å². The molecule has 0 saturated carbocycles. The molecule has 0 bridgehead atoms. The number of aliphatic carboxylic acids is 1. The van der Waals surface area contributed by atoms with E-state index >= 15 is 0 Å². The number of carbonyl (C=O) groups excluding carboxylic acids is 2. The van der Waals surface area contributed by atoms with E-state index in [1.807, 2.05) is 0 Å². The van der Waals surface area contributed by atoms with Gasteiger partial charge in [-0.2, -0.15) is 0 Å². The van der Waals surface area contributed by atoms with Gasteiger partial charge in [0.25, 0.3) is 0 Å². The van der Waals surface area contributed by atoms with E-state index in [1.165, 1.54) is 6.92 Å². The SMILES string of the molecule is C/C(=C/C(=O)Nc1ccc(N)cc1)C(=O)[O-].[Na+]. The maximum atomic E-state index is 11.3. The van der Waals surface area contributed by atoms with Crippen molar-refractivity contribution in [3.05, 3.63) is 35.9 Å². The van der Waals surface area contributed by atoms with Crippen molar-refractivity contribution >= 4 is 23.3 Å². The van der Waals surface area contributed by atoms with Gasteiger partial charge in [-0.3, -0.25) is 4.79 Å². The van der Waals surface area contributed by atoms with Gasteiger partial charge in [-0.1, -0.05) is 0 Å². The Labute approximate surface area is 121 Å². The number of carbonyl (C=O) groups is 2. The van der Waals surface area contributed by atoms with Gasteiger partial charge in [0.1, 0.15) is 0 Å². The molecule has 0 radical (unpaired) electrons. The summed E-state index contributed by atoms with van der Waals surface area (Å²) in [5.41, 5.74) is 6.46. The molecule has 5 nitrogen and oxygen atoms in total. The number of amides is 1. The van der Waals surface area contributed by atoms with Gasteiger partial charge < -0.3 is 21.0 Å². The molecule has 0 saturated heterocycles. The fraction of sp³-hybridized carbons (Fsp3) is 0.0909. The zero-order chi connectivity index (χ0) is 12.1. The number of carboxylic acids is 1. The van der Waals surface area contributed by atoms with E-state index in [1.54, 1.807) is 24.3 Å². The molecule has 0 aliphatic rings. The van der Waals surface area contributed by atoms with Gasteiger partial charge in [0.15, 0.2) is 0 Å². The Balaban J connectivity index is 0.00000256. The molecular weight excluding hydrogens is 231 g/mol. The van der Waals surface area contributed by atoms with Crippen LogP contribution >= 0.6 is 0 Å². The monoisotopic (exact) mass is 242 g/mol. The van der Waals surface area contributed by atoms with Crippen LogP contribution in [-0.2, 0) is 9.59 Å². The molecule has 17 heavy (non-hydrogen) atoms. The fourth-order valence-corrected chi connectivity index (χ4v) is 1.00. The Morgan fingerprint density at radius 3 is 2.29 bits per heavy atom. The Morgan fingerprint density at radius 1 is 1.29 bits per heavy atom. The molecule has 0 aliphatic carbocycles. The Bertz CT molecular complexity index is 441. The van der Waals surface area contributed by atoms with Crippen LogP contribution in [0.15, 0.2) is 35.9 Å².